The van der Waals surface area contributed by atoms with E-state index in [1.165, 1.54) is 10.6 Å². The molecule has 0 aliphatic carbocycles. The van der Waals surface area contributed by atoms with E-state index in [0.717, 1.165) is 25.2 Å². The number of thiazole rings is 1. The van der Waals surface area contributed by atoms with Crippen LogP contribution < -0.4 is 0 Å². The van der Waals surface area contributed by atoms with Gasteiger partial charge in [0.2, 0.25) is 0 Å². The van der Waals surface area contributed by atoms with E-state index in [-0.39, 0.29) is 6.61 Å². The van der Waals surface area contributed by atoms with E-state index in [9.17, 15) is 5.11 Å². The van der Waals surface area contributed by atoms with Crippen LogP contribution >= 0.6 is 11.3 Å². The van der Waals surface area contributed by atoms with E-state index in [1.54, 1.807) is 11.3 Å². The van der Waals surface area contributed by atoms with E-state index >= 15 is 0 Å². The monoisotopic (exact) mass is 276 g/mol. The predicted octanol–water partition coefficient (Wildman–Crippen LogP) is 2.70. The third-order valence-electron chi connectivity index (χ3n) is 2.95. The number of hydrogen-bond acceptors (Lipinski definition) is 4. The lowest BCUT2D eigenvalue weighted by Crippen LogP contribution is -2.26. The fraction of sp³-hybridized carbons (Fsp3) is 0.400. The Morgan fingerprint density at radius 3 is 2.63 bits per heavy atom. The Morgan fingerprint density at radius 1 is 1.21 bits per heavy atom. The normalized spacial score (nSPS) is 11.1. The van der Waals surface area contributed by atoms with Gasteiger partial charge in [0.05, 0.1) is 17.3 Å². The number of hydrogen-bond donors (Lipinski definition) is 1. The fourth-order valence-corrected chi connectivity index (χ4v) is 2.75. The zero-order valence-electron chi connectivity index (χ0n) is 11.2. The number of aliphatic hydroxyl groups excluding tert-OH is 1. The summed E-state index contributed by atoms with van der Waals surface area (Å²) in [5.41, 5.74) is 2.37. The molecule has 1 aromatic carbocycles. The van der Waals surface area contributed by atoms with Crippen molar-refractivity contribution in [1.82, 2.24) is 9.88 Å². The standard InChI is InChI=1S/C15H20N2OS/c1-2-15-16-14(12-19-15)11-17(8-9-18)10-13-6-4-3-5-7-13/h3-7,12,18H,2,8-11H2,1H3. The molecule has 0 aliphatic heterocycles. The molecular formula is C15H20N2OS. The minimum Gasteiger partial charge on any atom is -0.395 e. The quantitative estimate of drug-likeness (QED) is 0.844. The highest BCUT2D eigenvalue weighted by atomic mass is 32.1. The van der Waals surface area contributed by atoms with Crippen molar-refractivity contribution in [2.75, 3.05) is 13.2 Å². The molecule has 0 saturated carbocycles. The summed E-state index contributed by atoms with van der Waals surface area (Å²) in [5, 5.41) is 12.5. The van der Waals surface area contributed by atoms with Gasteiger partial charge in [0, 0.05) is 25.0 Å². The lowest BCUT2D eigenvalue weighted by atomic mass is 10.2. The molecule has 2 rings (SSSR count). The van der Waals surface area contributed by atoms with Crippen molar-refractivity contribution < 1.29 is 5.11 Å². The minimum atomic E-state index is 0.178. The third kappa shape index (κ3) is 4.42. The summed E-state index contributed by atoms with van der Waals surface area (Å²) in [5.74, 6) is 0. The first kappa shape index (κ1) is 14.2. The minimum absolute atomic E-state index is 0.178. The van der Waals surface area contributed by atoms with Crippen LogP contribution in [0.1, 0.15) is 23.2 Å². The lowest BCUT2D eigenvalue weighted by molar-refractivity contribution is 0.183. The van der Waals surface area contributed by atoms with Crippen molar-refractivity contribution in [2.24, 2.45) is 0 Å². The number of aromatic nitrogens is 1. The molecular weight excluding hydrogens is 256 g/mol. The van der Waals surface area contributed by atoms with E-state index in [4.69, 9.17) is 0 Å². The molecule has 1 heterocycles. The summed E-state index contributed by atoms with van der Waals surface area (Å²) in [6.07, 6.45) is 0.989. The molecule has 19 heavy (non-hydrogen) atoms. The highest BCUT2D eigenvalue weighted by Crippen LogP contribution is 2.14. The maximum absolute atomic E-state index is 9.18. The van der Waals surface area contributed by atoms with Crippen LogP contribution in [-0.2, 0) is 19.5 Å². The fourth-order valence-electron chi connectivity index (χ4n) is 2.01. The SMILES string of the molecule is CCc1nc(CN(CCO)Cc2ccccc2)cs1. The second-order valence-corrected chi connectivity index (χ2v) is 5.45. The molecule has 0 bridgehead atoms. The van der Waals surface area contributed by atoms with Crippen molar-refractivity contribution in [3.05, 3.63) is 52.0 Å². The van der Waals surface area contributed by atoms with Crippen molar-refractivity contribution in [3.8, 4) is 0 Å². The maximum Gasteiger partial charge on any atom is 0.0926 e. The summed E-state index contributed by atoms with van der Waals surface area (Å²) >= 11 is 1.72. The van der Waals surface area contributed by atoms with Crippen molar-refractivity contribution in [2.45, 2.75) is 26.4 Å². The van der Waals surface area contributed by atoms with Gasteiger partial charge in [-0.15, -0.1) is 11.3 Å². The van der Waals surface area contributed by atoms with E-state index in [0.29, 0.717) is 6.54 Å². The van der Waals surface area contributed by atoms with E-state index < -0.39 is 0 Å². The summed E-state index contributed by atoms with van der Waals surface area (Å²) in [7, 11) is 0. The number of aliphatic hydroxyl groups is 1. The molecule has 102 valence electrons. The van der Waals surface area contributed by atoms with Crippen LogP contribution in [0.2, 0.25) is 0 Å². The Bertz CT molecular complexity index is 484. The Kier molecular flexibility index (Phi) is 5.51. The topological polar surface area (TPSA) is 36.4 Å². The zero-order chi connectivity index (χ0) is 13.5. The molecule has 1 aromatic heterocycles. The average Bonchev–Trinajstić information content (AvgIpc) is 2.88. The summed E-state index contributed by atoms with van der Waals surface area (Å²) in [6.45, 7) is 4.62. The van der Waals surface area contributed by atoms with E-state index in [1.807, 2.05) is 18.2 Å². The van der Waals surface area contributed by atoms with Crippen LogP contribution in [-0.4, -0.2) is 28.1 Å². The van der Waals surface area contributed by atoms with Crippen molar-refractivity contribution in [1.29, 1.82) is 0 Å². The Hall–Kier alpha value is -1.23. The first-order chi connectivity index (χ1) is 9.31. The van der Waals surface area contributed by atoms with Crippen LogP contribution in [0.4, 0.5) is 0 Å². The van der Waals surface area contributed by atoms with Crippen LogP contribution in [0.25, 0.3) is 0 Å². The van der Waals surface area contributed by atoms with Crippen molar-refractivity contribution >= 4 is 11.3 Å². The van der Waals surface area contributed by atoms with Gasteiger partial charge in [-0.2, -0.15) is 0 Å². The van der Waals surface area contributed by atoms with Gasteiger partial charge in [-0.1, -0.05) is 37.3 Å². The Labute approximate surface area is 118 Å². The number of aryl methyl sites for hydroxylation is 1. The van der Waals surface area contributed by atoms with Gasteiger partial charge < -0.3 is 5.11 Å². The largest absolute Gasteiger partial charge is 0.395 e. The van der Waals surface area contributed by atoms with Gasteiger partial charge in [0.15, 0.2) is 0 Å². The van der Waals surface area contributed by atoms with Gasteiger partial charge in [0.25, 0.3) is 0 Å². The molecule has 0 saturated heterocycles. The van der Waals surface area contributed by atoms with Gasteiger partial charge in [0.1, 0.15) is 0 Å². The maximum atomic E-state index is 9.18. The second kappa shape index (κ2) is 7.38. The molecule has 1 N–H and O–H groups in total. The summed E-state index contributed by atoms with van der Waals surface area (Å²) < 4.78 is 0. The number of nitrogens with zero attached hydrogens (tertiary/aromatic N) is 2. The molecule has 4 heteroatoms. The molecule has 0 spiro atoms. The molecule has 3 nitrogen and oxygen atoms in total. The summed E-state index contributed by atoms with van der Waals surface area (Å²) in [6, 6.07) is 10.3. The smallest absolute Gasteiger partial charge is 0.0926 e. The van der Waals surface area contributed by atoms with E-state index in [2.05, 4.69) is 34.3 Å². The Balaban J connectivity index is 1.99. The first-order valence-electron chi connectivity index (χ1n) is 6.62. The zero-order valence-corrected chi connectivity index (χ0v) is 12.1. The average molecular weight is 276 g/mol. The lowest BCUT2D eigenvalue weighted by Gasteiger charge is -2.20. The van der Waals surface area contributed by atoms with Crippen LogP contribution in [0.15, 0.2) is 35.7 Å². The Morgan fingerprint density at radius 2 is 2.00 bits per heavy atom. The first-order valence-corrected chi connectivity index (χ1v) is 7.50. The van der Waals surface area contributed by atoms with Gasteiger partial charge in [-0.3, -0.25) is 4.90 Å². The molecule has 0 unspecified atom stereocenters. The van der Waals surface area contributed by atoms with Gasteiger partial charge in [-0.25, -0.2) is 4.98 Å². The predicted molar refractivity (Wildman–Crippen MR) is 79.1 cm³/mol. The molecule has 0 amide bonds. The number of rotatable bonds is 7. The number of benzene rings is 1. The molecule has 0 atom stereocenters. The highest BCUT2D eigenvalue weighted by Gasteiger charge is 2.09. The van der Waals surface area contributed by atoms with Crippen molar-refractivity contribution in [3.63, 3.8) is 0 Å². The van der Waals surface area contributed by atoms with Crippen LogP contribution in [0.5, 0.6) is 0 Å². The highest BCUT2D eigenvalue weighted by molar-refractivity contribution is 7.09. The van der Waals surface area contributed by atoms with Gasteiger partial charge in [-0.05, 0) is 12.0 Å². The van der Waals surface area contributed by atoms with Crippen LogP contribution in [0.3, 0.4) is 0 Å². The van der Waals surface area contributed by atoms with Gasteiger partial charge >= 0.3 is 0 Å². The molecule has 0 radical (unpaired) electrons. The second-order valence-electron chi connectivity index (χ2n) is 4.51. The van der Waals surface area contributed by atoms with Crippen LogP contribution in [0, 0.1) is 0 Å². The molecule has 0 fully saturated rings. The molecule has 2 aromatic rings. The third-order valence-corrected chi connectivity index (χ3v) is 3.99. The summed E-state index contributed by atoms with van der Waals surface area (Å²) in [4.78, 5) is 6.81. The molecule has 0 aliphatic rings.